The predicted molar refractivity (Wildman–Crippen MR) is 79.0 cm³/mol. The molecule has 0 atom stereocenters. The van der Waals surface area contributed by atoms with E-state index in [4.69, 9.17) is 10.5 Å². The number of morpholine rings is 1. The van der Waals surface area contributed by atoms with Crippen LogP contribution in [0.5, 0.6) is 0 Å². The first kappa shape index (κ1) is 13.2. The lowest BCUT2D eigenvalue weighted by atomic mass is 10.1. The molecule has 2 heterocycles. The molecule has 1 aromatic carbocycles. The number of ether oxygens (including phenoxy) is 1. The van der Waals surface area contributed by atoms with Crippen LogP contribution in [0.15, 0.2) is 18.2 Å². The number of hydrogen-bond acceptors (Lipinski definition) is 4. The Morgan fingerprint density at radius 1 is 1.10 bits per heavy atom. The average Bonchev–Trinajstić information content (AvgIpc) is 3.01. The van der Waals surface area contributed by atoms with Crippen LogP contribution in [0.2, 0.25) is 0 Å². The van der Waals surface area contributed by atoms with Crippen molar-refractivity contribution in [2.75, 3.05) is 50.0 Å². The molecule has 2 fully saturated rings. The maximum atomic E-state index is 12.4. The molecular formula is C15H21N3O2. The number of anilines is 2. The van der Waals surface area contributed by atoms with Crippen LogP contribution >= 0.6 is 0 Å². The lowest BCUT2D eigenvalue weighted by Crippen LogP contribution is -2.36. The van der Waals surface area contributed by atoms with E-state index in [1.807, 2.05) is 23.1 Å². The molecule has 1 amide bonds. The predicted octanol–water partition coefficient (Wildman–Crippen LogP) is 1.34. The molecule has 2 aliphatic rings. The van der Waals surface area contributed by atoms with Gasteiger partial charge in [-0.15, -0.1) is 0 Å². The van der Waals surface area contributed by atoms with Gasteiger partial charge in [-0.2, -0.15) is 0 Å². The van der Waals surface area contributed by atoms with Crippen LogP contribution in [0, 0.1) is 0 Å². The fraction of sp³-hybridized carbons (Fsp3) is 0.533. The second kappa shape index (κ2) is 5.71. The zero-order valence-electron chi connectivity index (χ0n) is 11.7. The van der Waals surface area contributed by atoms with E-state index in [2.05, 4.69) is 4.90 Å². The Kier molecular flexibility index (Phi) is 3.78. The van der Waals surface area contributed by atoms with E-state index in [0.717, 1.165) is 57.9 Å². The molecule has 2 N–H and O–H groups in total. The number of nitrogen functional groups attached to an aromatic ring is 1. The van der Waals surface area contributed by atoms with Gasteiger partial charge in [0.2, 0.25) is 0 Å². The van der Waals surface area contributed by atoms with E-state index in [1.54, 1.807) is 0 Å². The van der Waals surface area contributed by atoms with Gasteiger partial charge in [0.15, 0.2) is 0 Å². The molecule has 5 heteroatoms. The number of carbonyl (C=O) groups is 1. The van der Waals surface area contributed by atoms with Gasteiger partial charge in [-0.25, -0.2) is 0 Å². The van der Waals surface area contributed by atoms with Gasteiger partial charge >= 0.3 is 0 Å². The minimum atomic E-state index is 0.0635. The Hall–Kier alpha value is -1.75. The van der Waals surface area contributed by atoms with Crippen molar-refractivity contribution >= 4 is 17.3 Å². The van der Waals surface area contributed by atoms with Gasteiger partial charge in [-0.1, -0.05) is 0 Å². The van der Waals surface area contributed by atoms with Crippen LogP contribution in [0.4, 0.5) is 11.4 Å². The maximum absolute atomic E-state index is 12.4. The average molecular weight is 275 g/mol. The van der Waals surface area contributed by atoms with Gasteiger partial charge in [0.05, 0.1) is 18.8 Å². The number of hydrogen-bond donors (Lipinski definition) is 1. The summed E-state index contributed by atoms with van der Waals surface area (Å²) in [6.07, 6.45) is 2.19. The highest BCUT2D eigenvalue weighted by Crippen LogP contribution is 2.24. The molecule has 20 heavy (non-hydrogen) atoms. The first-order valence-electron chi connectivity index (χ1n) is 7.27. The van der Waals surface area contributed by atoms with E-state index in [9.17, 15) is 4.79 Å². The third-order valence-electron chi connectivity index (χ3n) is 4.04. The lowest BCUT2D eigenvalue weighted by Gasteiger charge is -2.29. The van der Waals surface area contributed by atoms with Gasteiger partial charge in [0, 0.05) is 37.6 Å². The Labute approximate surface area is 119 Å². The molecule has 2 saturated heterocycles. The summed E-state index contributed by atoms with van der Waals surface area (Å²) in [4.78, 5) is 16.5. The number of benzene rings is 1. The molecule has 0 spiro atoms. The Morgan fingerprint density at radius 3 is 2.45 bits per heavy atom. The second-order valence-electron chi connectivity index (χ2n) is 5.37. The zero-order valence-corrected chi connectivity index (χ0v) is 11.7. The quantitative estimate of drug-likeness (QED) is 0.828. The Bertz CT molecular complexity index is 492. The van der Waals surface area contributed by atoms with Gasteiger partial charge in [0.25, 0.3) is 5.91 Å². The molecule has 0 aromatic heterocycles. The van der Waals surface area contributed by atoms with Crippen molar-refractivity contribution < 1.29 is 9.53 Å². The highest BCUT2D eigenvalue weighted by Gasteiger charge is 2.22. The molecule has 1 aromatic rings. The molecule has 0 unspecified atom stereocenters. The van der Waals surface area contributed by atoms with Gasteiger partial charge in [-0.3, -0.25) is 4.79 Å². The van der Waals surface area contributed by atoms with Crippen LogP contribution in [0.3, 0.4) is 0 Å². The van der Waals surface area contributed by atoms with E-state index in [0.29, 0.717) is 11.3 Å². The molecule has 2 aliphatic heterocycles. The monoisotopic (exact) mass is 275 g/mol. The molecule has 0 saturated carbocycles. The van der Waals surface area contributed by atoms with E-state index in [1.165, 1.54) is 0 Å². The number of rotatable bonds is 2. The summed E-state index contributed by atoms with van der Waals surface area (Å²) in [5.41, 5.74) is 8.37. The highest BCUT2D eigenvalue weighted by atomic mass is 16.5. The molecular weight excluding hydrogens is 254 g/mol. The Balaban J connectivity index is 1.78. The zero-order chi connectivity index (χ0) is 13.9. The van der Waals surface area contributed by atoms with Crippen LogP contribution in [-0.2, 0) is 4.74 Å². The standard InChI is InChI=1S/C15H21N3O2/c16-14-11-12(17-7-9-20-10-8-17)3-4-13(14)15(19)18-5-1-2-6-18/h3-4,11H,1-2,5-10,16H2. The van der Waals surface area contributed by atoms with Crippen LogP contribution in [0.1, 0.15) is 23.2 Å². The van der Waals surface area contributed by atoms with Crippen molar-refractivity contribution in [3.63, 3.8) is 0 Å². The lowest BCUT2D eigenvalue weighted by molar-refractivity contribution is 0.0794. The number of nitrogens with zero attached hydrogens (tertiary/aromatic N) is 2. The van der Waals surface area contributed by atoms with Crippen molar-refractivity contribution in [1.29, 1.82) is 0 Å². The SMILES string of the molecule is Nc1cc(N2CCOCC2)ccc1C(=O)N1CCCC1. The molecule has 3 rings (SSSR count). The Morgan fingerprint density at radius 2 is 1.80 bits per heavy atom. The van der Waals surface area contributed by atoms with Gasteiger partial charge < -0.3 is 20.3 Å². The summed E-state index contributed by atoms with van der Waals surface area (Å²) in [5.74, 6) is 0.0635. The number of amides is 1. The molecule has 5 nitrogen and oxygen atoms in total. The largest absolute Gasteiger partial charge is 0.398 e. The number of nitrogens with two attached hydrogens (primary N) is 1. The summed E-state index contributed by atoms with van der Waals surface area (Å²) in [6.45, 7) is 4.94. The van der Waals surface area contributed by atoms with Gasteiger partial charge in [0.1, 0.15) is 0 Å². The van der Waals surface area contributed by atoms with Gasteiger partial charge in [-0.05, 0) is 31.0 Å². The number of likely N-dealkylation sites (tertiary alicyclic amines) is 1. The smallest absolute Gasteiger partial charge is 0.255 e. The molecule has 0 bridgehead atoms. The normalized spacial score (nSPS) is 19.4. The maximum Gasteiger partial charge on any atom is 0.255 e. The second-order valence-corrected chi connectivity index (χ2v) is 5.37. The first-order valence-corrected chi connectivity index (χ1v) is 7.27. The van der Waals surface area contributed by atoms with Crippen molar-refractivity contribution in [3.8, 4) is 0 Å². The van der Waals surface area contributed by atoms with Crippen molar-refractivity contribution in [2.24, 2.45) is 0 Å². The van der Waals surface area contributed by atoms with Crippen LogP contribution < -0.4 is 10.6 Å². The van der Waals surface area contributed by atoms with Crippen LogP contribution in [0.25, 0.3) is 0 Å². The first-order chi connectivity index (χ1) is 9.75. The highest BCUT2D eigenvalue weighted by molar-refractivity contribution is 5.99. The summed E-state index contributed by atoms with van der Waals surface area (Å²) in [6, 6.07) is 5.76. The van der Waals surface area contributed by atoms with E-state index >= 15 is 0 Å². The summed E-state index contributed by atoms with van der Waals surface area (Å²) in [5, 5.41) is 0. The summed E-state index contributed by atoms with van der Waals surface area (Å²) >= 11 is 0. The van der Waals surface area contributed by atoms with Crippen molar-refractivity contribution in [2.45, 2.75) is 12.8 Å². The van der Waals surface area contributed by atoms with Crippen molar-refractivity contribution in [3.05, 3.63) is 23.8 Å². The number of carbonyl (C=O) groups excluding carboxylic acids is 1. The third kappa shape index (κ3) is 2.58. The molecule has 0 radical (unpaired) electrons. The van der Waals surface area contributed by atoms with Crippen LogP contribution in [-0.4, -0.2) is 50.2 Å². The van der Waals surface area contributed by atoms with E-state index in [-0.39, 0.29) is 5.91 Å². The van der Waals surface area contributed by atoms with Crippen molar-refractivity contribution in [1.82, 2.24) is 4.90 Å². The minimum Gasteiger partial charge on any atom is -0.398 e. The molecule has 0 aliphatic carbocycles. The molecule has 108 valence electrons. The topological polar surface area (TPSA) is 58.8 Å². The summed E-state index contributed by atoms with van der Waals surface area (Å²) < 4.78 is 5.35. The minimum absolute atomic E-state index is 0.0635. The summed E-state index contributed by atoms with van der Waals surface area (Å²) in [7, 11) is 0. The van der Waals surface area contributed by atoms with E-state index < -0.39 is 0 Å². The third-order valence-corrected chi connectivity index (χ3v) is 4.04. The fourth-order valence-electron chi connectivity index (χ4n) is 2.85. The fourth-order valence-corrected chi connectivity index (χ4v) is 2.85.